The highest BCUT2D eigenvalue weighted by Crippen LogP contribution is 2.29. The largest absolute Gasteiger partial charge is 0.356 e. The molecular formula is C22H21N. The molecular weight excluding hydrogens is 278 g/mol. The zero-order valence-electron chi connectivity index (χ0n) is 13.6. The molecule has 1 nitrogen and oxygen atoms in total. The van der Waals surface area contributed by atoms with E-state index in [0.717, 1.165) is 11.4 Å². The number of para-hydroxylation sites is 1. The lowest BCUT2D eigenvalue weighted by Crippen LogP contribution is -1.91. The van der Waals surface area contributed by atoms with Gasteiger partial charge in [-0.2, -0.15) is 0 Å². The van der Waals surface area contributed by atoms with E-state index in [2.05, 4.69) is 85.9 Å². The Balaban J connectivity index is 1.90. The normalized spacial score (nSPS) is 10.9. The number of nitrogens with one attached hydrogen (secondary N) is 1. The van der Waals surface area contributed by atoms with Gasteiger partial charge >= 0.3 is 0 Å². The van der Waals surface area contributed by atoms with Crippen molar-refractivity contribution >= 4 is 17.5 Å². The topological polar surface area (TPSA) is 12.0 Å². The Morgan fingerprint density at radius 2 is 1.43 bits per heavy atom. The molecule has 1 heteroatoms. The molecule has 0 heterocycles. The van der Waals surface area contributed by atoms with Crippen molar-refractivity contribution in [3.8, 4) is 11.1 Å². The molecule has 0 unspecified atom stereocenters. The average molecular weight is 299 g/mol. The van der Waals surface area contributed by atoms with Gasteiger partial charge in [-0.3, -0.25) is 0 Å². The fraction of sp³-hybridized carbons (Fsp3) is 0.0909. The third-order valence-corrected chi connectivity index (χ3v) is 3.92. The highest BCUT2D eigenvalue weighted by Gasteiger charge is 2.05. The van der Waals surface area contributed by atoms with Crippen molar-refractivity contribution in [2.45, 2.75) is 13.8 Å². The Hall–Kier alpha value is -2.80. The zero-order chi connectivity index (χ0) is 16.1. The molecule has 1 N–H and O–H groups in total. The molecule has 3 aromatic carbocycles. The Bertz CT molecular complexity index is 799. The van der Waals surface area contributed by atoms with Crippen LogP contribution in [0.3, 0.4) is 0 Å². The highest BCUT2D eigenvalue weighted by molar-refractivity contribution is 5.78. The monoisotopic (exact) mass is 299 g/mol. The smallest absolute Gasteiger partial charge is 0.0384 e. The fourth-order valence-electron chi connectivity index (χ4n) is 2.74. The average Bonchev–Trinajstić information content (AvgIpc) is 2.59. The van der Waals surface area contributed by atoms with Gasteiger partial charge in [0.1, 0.15) is 0 Å². The quantitative estimate of drug-likeness (QED) is 0.584. The van der Waals surface area contributed by atoms with Gasteiger partial charge in [0.05, 0.1) is 0 Å². The number of anilines is 2. The van der Waals surface area contributed by atoms with Crippen molar-refractivity contribution in [2.75, 3.05) is 5.32 Å². The molecule has 0 bridgehead atoms. The van der Waals surface area contributed by atoms with Crippen LogP contribution in [-0.4, -0.2) is 0 Å². The summed E-state index contributed by atoms with van der Waals surface area (Å²) >= 11 is 0. The second kappa shape index (κ2) is 6.97. The Morgan fingerprint density at radius 3 is 2.13 bits per heavy atom. The second-order valence-corrected chi connectivity index (χ2v) is 5.60. The van der Waals surface area contributed by atoms with Gasteiger partial charge in [-0.15, -0.1) is 0 Å². The first-order valence-electron chi connectivity index (χ1n) is 7.93. The standard InChI is InChI=1S/C22H21N/c1-3-8-21-17(2)9-7-12-22(21)18-13-15-20(16-14-18)23-19-10-5-4-6-11-19/h3-16,23H,1-2H3/b8-3-. The molecule has 3 rings (SSSR count). The third-order valence-electron chi connectivity index (χ3n) is 3.92. The lowest BCUT2D eigenvalue weighted by atomic mass is 9.95. The third kappa shape index (κ3) is 3.51. The lowest BCUT2D eigenvalue weighted by Gasteiger charge is -2.11. The summed E-state index contributed by atoms with van der Waals surface area (Å²) < 4.78 is 0. The van der Waals surface area contributed by atoms with Crippen LogP contribution in [0, 0.1) is 6.92 Å². The molecule has 0 atom stereocenters. The van der Waals surface area contributed by atoms with Crippen molar-refractivity contribution in [1.82, 2.24) is 0 Å². The predicted octanol–water partition coefficient (Wildman–Crippen LogP) is 6.44. The number of hydrogen-bond acceptors (Lipinski definition) is 1. The molecule has 0 saturated heterocycles. The molecule has 23 heavy (non-hydrogen) atoms. The van der Waals surface area contributed by atoms with E-state index in [4.69, 9.17) is 0 Å². The summed E-state index contributed by atoms with van der Waals surface area (Å²) in [5.41, 5.74) is 7.30. The Labute approximate surface area is 138 Å². The summed E-state index contributed by atoms with van der Waals surface area (Å²) in [5.74, 6) is 0. The van der Waals surface area contributed by atoms with Gasteiger partial charge in [0.25, 0.3) is 0 Å². The van der Waals surface area contributed by atoms with E-state index >= 15 is 0 Å². The summed E-state index contributed by atoms with van der Waals surface area (Å²) in [6, 6.07) is 25.3. The zero-order valence-corrected chi connectivity index (χ0v) is 13.6. The molecule has 0 fully saturated rings. The second-order valence-electron chi connectivity index (χ2n) is 5.60. The lowest BCUT2D eigenvalue weighted by molar-refractivity contribution is 1.43. The molecule has 0 saturated carbocycles. The van der Waals surface area contributed by atoms with Crippen LogP contribution in [0.4, 0.5) is 11.4 Å². The van der Waals surface area contributed by atoms with Gasteiger partial charge in [-0.25, -0.2) is 0 Å². The van der Waals surface area contributed by atoms with Gasteiger partial charge in [-0.05, 0) is 60.4 Å². The van der Waals surface area contributed by atoms with E-state index in [1.165, 1.54) is 22.3 Å². The van der Waals surface area contributed by atoms with Gasteiger partial charge in [0.15, 0.2) is 0 Å². The fourth-order valence-corrected chi connectivity index (χ4v) is 2.74. The Morgan fingerprint density at radius 1 is 0.739 bits per heavy atom. The highest BCUT2D eigenvalue weighted by atomic mass is 14.9. The number of rotatable bonds is 4. The van der Waals surface area contributed by atoms with E-state index in [1.54, 1.807) is 0 Å². The molecule has 0 spiro atoms. The molecule has 0 aliphatic heterocycles. The molecule has 0 amide bonds. The van der Waals surface area contributed by atoms with Crippen molar-refractivity contribution in [3.05, 3.63) is 90.0 Å². The minimum Gasteiger partial charge on any atom is -0.356 e. The summed E-state index contributed by atoms with van der Waals surface area (Å²) in [7, 11) is 0. The molecule has 0 aliphatic rings. The van der Waals surface area contributed by atoms with Gasteiger partial charge in [0.2, 0.25) is 0 Å². The number of benzene rings is 3. The van der Waals surface area contributed by atoms with Crippen molar-refractivity contribution in [1.29, 1.82) is 0 Å². The minimum absolute atomic E-state index is 1.10. The summed E-state index contributed by atoms with van der Waals surface area (Å²) in [4.78, 5) is 0. The van der Waals surface area contributed by atoms with Crippen LogP contribution in [-0.2, 0) is 0 Å². The predicted molar refractivity (Wildman–Crippen MR) is 101 cm³/mol. The van der Waals surface area contributed by atoms with E-state index in [-0.39, 0.29) is 0 Å². The van der Waals surface area contributed by atoms with Crippen LogP contribution in [0.2, 0.25) is 0 Å². The maximum atomic E-state index is 3.42. The first-order chi connectivity index (χ1) is 11.3. The summed E-state index contributed by atoms with van der Waals surface area (Å²) in [6.45, 7) is 4.22. The van der Waals surface area contributed by atoms with Crippen LogP contribution < -0.4 is 5.32 Å². The van der Waals surface area contributed by atoms with Crippen LogP contribution in [0.25, 0.3) is 17.2 Å². The maximum absolute atomic E-state index is 3.42. The molecule has 0 aromatic heterocycles. The van der Waals surface area contributed by atoms with Crippen LogP contribution in [0.15, 0.2) is 78.9 Å². The summed E-state index contributed by atoms with van der Waals surface area (Å²) in [6.07, 6.45) is 4.28. The first-order valence-corrected chi connectivity index (χ1v) is 7.93. The van der Waals surface area contributed by atoms with Crippen molar-refractivity contribution in [2.24, 2.45) is 0 Å². The van der Waals surface area contributed by atoms with E-state index in [9.17, 15) is 0 Å². The van der Waals surface area contributed by atoms with E-state index in [1.807, 2.05) is 18.2 Å². The molecule has 114 valence electrons. The van der Waals surface area contributed by atoms with E-state index in [0.29, 0.717) is 0 Å². The minimum atomic E-state index is 1.10. The van der Waals surface area contributed by atoms with E-state index < -0.39 is 0 Å². The van der Waals surface area contributed by atoms with Crippen molar-refractivity contribution in [3.63, 3.8) is 0 Å². The number of hydrogen-bond donors (Lipinski definition) is 1. The van der Waals surface area contributed by atoms with Crippen LogP contribution >= 0.6 is 0 Å². The number of aryl methyl sites for hydroxylation is 1. The van der Waals surface area contributed by atoms with Gasteiger partial charge in [0, 0.05) is 11.4 Å². The van der Waals surface area contributed by atoms with Gasteiger partial charge < -0.3 is 5.32 Å². The van der Waals surface area contributed by atoms with Crippen LogP contribution in [0.1, 0.15) is 18.1 Å². The van der Waals surface area contributed by atoms with Gasteiger partial charge in [-0.1, -0.05) is 60.7 Å². The summed E-state index contributed by atoms with van der Waals surface area (Å²) in [5, 5.41) is 3.42. The molecule has 0 radical (unpaired) electrons. The molecule has 3 aromatic rings. The van der Waals surface area contributed by atoms with Crippen molar-refractivity contribution < 1.29 is 0 Å². The number of allylic oxidation sites excluding steroid dienone is 1. The molecule has 0 aliphatic carbocycles. The first kappa shape index (κ1) is 15.1. The maximum Gasteiger partial charge on any atom is 0.0384 e. The van der Waals surface area contributed by atoms with Crippen LogP contribution in [0.5, 0.6) is 0 Å². The Kier molecular flexibility index (Phi) is 4.58. The SMILES string of the molecule is C/C=C\c1c(C)cccc1-c1ccc(Nc2ccccc2)cc1.